The van der Waals surface area contributed by atoms with Crippen molar-refractivity contribution in [2.75, 3.05) is 0 Å². The highest BCUT2D eigenvalue weighted by Crippen LogP contribution is 2.19. The van der Waals surface area contributed by atoms with Crippen molar-refractivity contribution in [3.05, 3.63) is 29.5 Å². The summed E-state index contributed by atoms with van der Waals surface area (Å²) in [4.78, 5) is 6.98. The lowest BCUT2D eigenvalue weighted by Gasteiger charge is -2.14. The number of aryl methyl sites for hydroxylation is 1. The number of nitrogens with two attached hydrogens (primary N) is 1. The van der Waals surface area contributed by atoms with Crippen LogP contribution in [-0.4, -0.2) is 28.6 Å². The Balaban J connectivity index is 2.31. The second kappa shape index (κ2) is 5.73. The number of nitrogens with one attached hydrogen (secondary N) is 3. The van der Waals surface area contributed by atoms with Crippen LogP contribution in [0, 0.1) is 6.92 Å². The number of nitrogens with zero attached hydrogens (tertiary/aromatic N) is 2. The second-order valence-corrected chi connectivity index (χ2v) is 6.02. The largest absolute Gasteiger partial charge is 0.347 e. The molecule has 0 saturated heterocycles. The van der Waals surface area contributed by atoms with Crippen molar-refractivity contribution in [2.24, 2.45) is 5.73 Å². The van der Waals surface area contributed by atoms with Gasteiger partial charge in [-0.25, -0.2) is 13.4 Å². The first-order chi connectivity index (χ1) is 9.49. The molecule has 0 spiro atoms. The summed E-state index contributed by atoms with van der Waals surface area (Å²) in [5.41, 5.74) is 6.72. The first-order valence-corrected chi connectivity index (χ1v) is 7.73. The van der Waals surface area contributed by atoms with Crippen LogP contribution in [0.25, 0.3) is 0 Å². The highest BCUT2D eigenvalue weighted by atomic mass is 32.2. The fourth-order valence-corrected chi connectivity index (χ4v) is 3.43. The molecule has 2 aromatic rings. The highest BCUT2D eigenvalue weighted by Gasteiger charge is 2.27. The Morgan fingerprint density at radius 3 is 2.80 bits per heavy atom. The SMILES string of the molecule is CCC(NS(=O)(=O)c1n[nH]c(C)c1CN)c1ncc[nH]1. The molecule has 2 rings (SSSR count). The molecule has 0 aliphatic carbocycles. The van der Waals surface area contributed by atoms with E-state index >= 15 is 0 Å². The molecule has 0 aliphatic heterocycles. The van der Waals surface area contributed by atoms with Gasteiger partial charge in [-0.3, -0.25) is 5.10 Å². The van der Waals surface area contributed by atoms with E-state index in [1.807, 2.05) is 6.92 Å². The number of aromatic nitrogens is 4. The Morgan fingerprint density at radius 2 is 2.25 bits per heavy atom. The molecule has 0 saturated carbocycles. The van der Waals surface area contributed by atoms with Gasteiger partial charge in [0.05, 0.1) is 6.04 Å². The van der Waals surface area contributed by atoms with Crippen LogP contribution >= 0.6 is 0 Å². The number of imidazole rings is 1. The summed E-state index contributed by atoms with van der Waals surface area (Å²) in [5, 5.41) is 6.44. The van der Waals surface area contributed by atoms with E-state index in [1.165, 1.54) is 0 Å². The van der Waals surface area contributed by atoms with Gasteiger partial charge in [0, 0.05) is 30.2 Å². The lowest BCUT2D eigenvalue weighted by molar-refractivity contribution is 0.535. The maximum atomic E-state index is 12.4. The molecule has 1 unspecified atom stereocenters. The molecule has 0 amide bonds. The number of H-pyrrole nitrogens is 2. The fraction of sp³-hybridized carbons (Fsp3) is 0.455. The Labute approximate surface area is 117 Å². The van der Waals surface area contributed by atoms with E-state index < -0.39 is 16.1 Å². The molecule has 5 N–H and O–H groups in total. The van der Waals surface area contributed by atoms with E-state index in [2.05, 4.69) is 24.9 Å². The molecule has 2 aromatic heterocycles. The van der Waals surface area contributed by atoms with Crippen LogP contribution in [-0.2, 0) is 16.6 Å². The molecule has 0 radical (unpaired) electrons. The van der Waals surface area contributed by atoms with Gasteiger partial charge in [-0.05, 0) is 13.3 Å². The molecule has 9 heteroatoms. The smallest absolute Gasteiger partial charge is 0.260 e. The van der Waals surface area contributed by atoms with E-state index in [-0.39, 0.29) is 11.6 Å². The van der Waals surface area contributed by atoms with Gasteiger partial charge in [0.2, 0.25) is 0 Å². The lowest BCUT2D eigenvalue weighted by atomic mass is 10.2. The predicted molar refractivity (Wildman–Crippen MR) is 73.2 cm³/mol. The van der Waals surface area contributed by atoms with Crippen molar-refractivity contribution in [3.63, 3.8) is 0 Å². The summed E-state index contributed by atoms with van der Waals surface area (Å²) in [6.45, 7) is 3.71. The number of rotatable bonds is 6. The predicted octanol–water partition coefficient (Wildman–Crippen LogP) is 0.330. The number of hydrogen-bond acceptors (Lipinski definition) is 5. The van der Waals surface area contributed by atoms with E-state index in [0.29, 0.717) is 23.5 Å². The summed E-state index contributed by atoms with van der Waals surface area (Å²) >= 11 is 0. The number of sulfonamides is 1. The first-order valence-electron chi connectivity index (χ1n) is 6.25. The summed E-state index contributed by atoms with van der Waals surface area (Å²) in [6.07, 6.45) is 3.79. The van der Waals surface area contributed by atoms with Crippen molar-refractivity contribution in [1.82, 2.24) is 24.9 Å². The molecule has 8 nitrogen and oxygen atoms in total. The summed E-state index contributed by atoms with van der Waals surface area (Å²) in [6, 6.07) is -0.433. The molecule has 2 heterocycles. The summed E-state index contributed by atoms with van der Waals surface area (Å²) in [5.74, 6) is 0.567. The normalized spacial score (nSPS) is 13.6. The Morgan fingerprint density at radius 1 is 1.50 bits per heavy atom. The zero-order chi connectivity index (χ0) is 14.8. The van der Waals surface area contributed by atoms with Gasteiger partial charge < -0.3 is 10.7 Å². The first kappa shape index (κ1) is 14.7. The van der Waals surface area contributed by atoms with Crippen molar-refractivity contribution >= 4 is 10.0 Å². The minimum atomic E-state index is -3.75. The zero-order valence-corrected chi connectivity index (χ0v) is 12.2. The third kappa shape index (κ3) is 2.74. The average Bonchev–Trinajstić information content (AvgIpc) is 3.05. The fourth-order valence-electron chi connectivity index (χ4n) is 1.94. The minimum Gasteiger partial charge on any atom is -0.347 e. The maximum absolute atomic E-state index is 12.4. The van der Waals surface area contributed by atoms with E-state index in [0.717, 1.165) is 0 Å². The van der Waals surface area contributed by atoms with Crippen LogP contribution in [0.2, 0.25) is 0 Å². The minimum absolute atomic E-state index is 0.0532. The van der Waals surface area contributed by atoms with Crippen LogP contribution in [0.3, 0.4) is 0 Å². The third-order valence-corrected chi connectivity index (χ3v) is 4.49. The monoisotopic (exact) mass is 298 g/mol. The zero-order valence-electron chi connectivity index (χ0n) is 11.3. The van der Waals surface area contributed by atoms with Crippen molar-refractivity contribution < 1.29 is 8.42 Å². The van der Waals surface area contributed by atoms with Crippen LogP contribution in [0.4, 0.5) is 0 Å². The molecule has 0 fully saturated rings. The van der Waals surface area contributed by atoms with Crippen molar-refractivity contribution in [2.45, 2.75) is 37.9 Å². The Kier molecular flexibility index (Phi) is 4.21. The Bertz CT molecular complexity index is 661. The molecule has 0 bridgehead atoms. The van der Waals surface area contributed by atoms with Gasteiger partial charge in [-0.1, -0.05) is 6.92 Å². The van der Waals surface area contributed by atoms with Crippen LogP contribution < -0.4 is 10.5 Å². The second-order valence-electron chi connectivity index (χ2n) is 4.39. The van der Waals surface area contributed by atoms with Gasteiger partial charge in [-0.2, -0.15) is 9.82 Å². The standard InChI is InChI=1S/C11H18N6O2S/c1-3-9(10-13-4-5-14-10)17-20(18,19)11-8(6-12)7(2)15-16-11/h4-5,9,17H,3,6,12H2,1-2H3,(H,13,14)(H,15,16). The van der Waals surface area contributed by atoms with Crippen molar-refractivity contribution in [3.8, 4) is 0 Å². The van der Waals surface area contributed by atoms with E-state index in [1.54, 1.807) is 19.3 Å². The number of aromatic amines is 2. The van der Waals surface area contributed by atoms with Crippen molar-refractivity contribution in [1.29, 1.82) is 0 Å². The number of hydrogen-bond donors (Lipinski definition) is 4. The highest BCUT2D eigenvalue weighted by molar-refractivity contribution is 7.89. The van der Waals surface area contributed by atoms with Gasteiger partial charge in [-0.15, -0.1) is 0 Å². The third-order valence-electron chi connectivity index (χ3n) is 3.05. The molecular weight excluding hydrogens is 280 g/mol. The van der Waals surface area contributed by atoms with Crippen LogP contribution in [0.15, 0.2) is 17.4 Å². The lowest BCUT2D eigenvalue weighted by Crippen LogP contribution is -2.30. The maximum Gasteiger partial charge on any atom is 0.260 e. The average molecular weight is 298 g/mol. The Hall–Kier alpha value is -1.71. The summed E-state index contributed by atoms with van der Waals surface area (Å²) < 4.78 is 27.4. The summed E-state index contributed by atoms with van der Waals surface area (Å²) in [7, 11) is -3.75. The van der Waals surface area contributed by atoms with Gasteiger partial charge in [0.15, 0.2) is 5.03 Å². The van der Waals surface area contributed by atoms with Gasteiger partial charge >= 0.3 is 0 Å². The van der Waals surface area contributed by atoms with Gasteiger partial charge in [0.1, 0.15) is 5.82 Å². The molecule has 0 aliphatic rings. The van der Waals surface area contributed by atoms with Crippen LogP contribution in [0.5, 0.6) is 0 Å². The van der Waals surface area contributed by atoms with Crippen LogP contribution in [0.1, 0.15) is 36.5 Å². The molecule has 1 atom stereocenters. The topological polar surface area (TPSA) is 130 Å². The quantitative estimate of drug-likeness (QED) is 0.610. The van der Waals surface area contributed by atoms with E-state index in [4.69, 9.17) is 5.73 Å². The van der Waals surface area contributed by atoms with Gasteiger partial charge in [0.25, 0.3) is 10.0 Å². The van der Waals surface area contributed by atoms with E-state index in [9.17, 15) is 8.42 Å². The molecule has 110 valence electrons. The molecule has 0 aromatic carbocycles. The molecule has 20 heavy (non-hydrogen) atoms. The molecular formula is C11H18N6O2S.